The summed E-state index contributed by atoms with van der Waals surface area (Å²) in [4.78, 5) is 3.75. The summed E-state index contributed by atoms with van der Waals surface area (Å²) in [7, 11) is 1.65. The minimum absolute atomic E-state index is 0.461. The molecule has 0 amide bonds. The third-order valence-electron chi connectivity index (χ3n) is 1.24. The molecular weight excluding hydrogens is 154 g/mol. The van der Waals surface area contributed by atoms with Crippen LogP contribution in [0.15, 0.2) is 4.99 Å². The quantitative estimate of drug-likeness (QED) is 0.354. The summed E-state index contributed by atoms with van der Waals surface area (Å²) in [6, 6.07) is 0. The normalized spacial score (nSPS) is 12.2. The van der Waals surface area contributed by atoms with Crippen molar-refractivity contribution >= 4 is 5.96 Å². The molecule has 0 radical (unpaired) electrons. The van der Waals surface area contributed by atoms with Gasteiger partial charge in [-0.3, -0.25) is 4.99 Å². The number of nitrogens with two attached hydrogens (primary N) is 1. The molecule has 0 aromatic heterocycles. The average molecular weight is 173 g/mol. The maximum Gasteiger partial charge on any atom is 0.188 e. The molecule has 0 aromatic carbocycles. The van der Waals surface area contributed by atoms with Crippen LogP contribution < -0.4 is 11.1 Å². The van der Waals surface area contributed by atoms with Gasteiger partial charge in [-0.25, -0.2) is 0 Å². The van der Waals surface area contributed by atoms with Crippen LogP contribution in [-0.4, -0.2) is 32.8 Å². The van der Waals surface area contributed by atoms with E-state index in [1.807, 2.05) is 0 Å². The van der Waals surface area contributed by atoms with Gasteiger partial charge in [0.15, 0.2) is 5.96 Å². The summed E-state index contributed by atoms with van der Waals surface area (Å²) in [6.45, 7) is 6.43. The molecule has 0 fully saturated rings. The van der Waals surface area contributed by atoms with Crippen LogP contribution in [0.1, 0.15) is 13.8 Å². The Kier molecular flexibility index (Phi) is 6.47. The van der Waals surface area contributed by atoms with Crippen molar-refractivity contribution in [3.8, 4) is 0 Å². The van der Waals surface area contributed by atoms with Gasteiger partial charge in [0.25, 0.3) is 0 Å². The Bertz CT molecular complexity index is 134. The highest BCUT2D eigenvalue weighted by atomic mass is 16.5. The van der Waals surface area contributed by atoms with Gasteiger partial charge in [-0.15, -0.1) is 0 Å². The van der Waals surface area contributed by atoms with Crippen molar-refractivity contribution in [3.05, 3.63) is 0 Å². The second-order valence-corrected chi connectivity index (χ2v) is 3.00. The van der Waals surface area contributed by atoms with Gasteiger partial charge in [-0.1, -0.05) is 13.8 Å². The van der Waals surface area contributed by atoms with Crippen LogP contribution in [0.25, 0.3) is 0 Å². The van der Waals surface area contributed by atoms with Crippen molar-refractivity contribution in [2.45, 2.75) is 13.8 Å². The Morgan fingerprint density at radius 2 is 2.25 bits per heavy atom. The molecule has 4 nitrogen and oxygen atoms in total. The minimum atomic E-state index is 0.461. The maximum absolute atomic E-state index is 5.40. The molecule has 0 spiro atoms. The second kappa shape index (κ2) is 6.91. The molecule has 0 aliphatic carbocycles. The van der Waals surface area contributed by atoms with Crippen LogP contribution in [0.5, 0.6) is 0 Å². The third kappa shape index (κ3) is 7.34. The lowest BCUT2D eigenvalue weighted by molar-refractivity contribution is 0.114. The molecular formula is C8H19N3O. The summed E-state index contributed by atoms with van der Waals surface area (Å²) in [5, 5.41) is 2.91. The highest BCUT2D eigenvalue weighted by Gasteiger charge is 1.93. The molecule has 0 bridgehead atoms. The molecule has 0 saturated carbocycles. The van der Waals surface area contributed by atoms with Crippen LogP contribution in [0.4, 0.5) is 0 Å². The Morgan fingerprint density at radius 1 is 1.58 bits per heavy atom. The van der Waals surface area contributed by atoms with Gasteiger partial charge in [-0.05, 0) is 5.92 Å². The molecule has 0 heterocycles. The van der Waals surface area contributed by atoms with Gasteiger partial charge in [0.2, 0.25) is 0 Å². The summed E-state index contributed by atoms with van der Waals surface area (Å²) >= 11 is 0. The lowest BCUT2D eigenvalue weighted by atomic mass is 10.2. The monoisotopic (exact) mass is 173 g/mol. The first-order valence-corrected chi connectivity index (χ1v) is 4.20. The molecule has 4 heteroatoms. The number of rotatable bonds is 5. The van der Waals surface area contributed by atoms with Crippen molar-refractivity contribution in [2.24, 2.45) is 16.6 Å². The first-order valence-electron chi connectivity index (χ1n) is 4.20. The van der Waals surface area contributed by atoms with Gasteiger partial charge in [0.1, 0.15) is 0 Å². The second-order valence-electron chi connectivity index (χ2n) is 3.00. The Morgan fingerprint density at radius 3 is 2.75 bits per heavy atom. The van der Waals surface area contributed by atoms with Gasteiger partial charge < -0.3 is 15.8 Å². The van der Waals surface area contributed by atoms with Crippen LogP contribution >= 0.6 is 0 Å². The number of hydrogen-bond donors (Lipinski definition) is 2. The van der Waals surface area contributed by atoms with Crippen LogP contribution in [0.3, 0.4) is 0 Å². The highest BCUT2D eigenvalue weighted by molar-refractivity contribution is 5.77. The first-order chi connectivity index (χ1) is 5.66. The zero-order chi connectivity index (χ0) is 9.40. The summed E-state index contributed by atoms with van der Waals surface area (Å²) in [6.07, 6.45) is 0. The van der Waals surface area contributed by atoms with E-state index in [1.165, 1.54) is 0 Å². The number of hydrogen-bond acceptors (Lipinski definition) is 2. The SMILES string of the molecule is CN=C(N)NCCOCC(C)C. The predicted octanol–water partition coefficient (Wildman–Crippen LogP) is 0.193. The fraction of sp³-hybridized carbons (Fsp3) is 0.875. The van der Waals surface area contributed by atoms with E-state index < -0.39 is 0 Å². The molecule has 0 aliphatic rings. The zero-order valence-electron chi connectivity index (χ0n) is 8.13. The number of nitrogens with one attached hydrogen (secondary N) is 1. The predicted molar refractivity (Wildman–Crippen MR) is 51.2 cm³/mol. The molecule has 0 rings (SSSR count). The number of nitrogens with zero attached hydrogens (tertiary/aromatic N) is 1. The molecule has 0 saturated heterocycles. The molecule has 12 heavy (non-hydrogen) atoms. The van der Waals surface area contributed by atoms with E-state index >= 15 is 0 Å². The van der Waals surface area contributed by atoms with Crippen molar-refractivity contribution < 1.29 is 4.74 Å². The minimum Gasteiger partial charge on any atom is -0.379 e. The summed E-state index contributed by atoms with van der Waals surface area (Å²) < 4.78 is 5.32. The summed E-state index contributed by atoms with van der Waals surface area (Å²) in [5.74, 6) is 1.05. The number of guanidine groups is 1. The van der Waals surface area contributed by atoms with E-state index in [4.69, 9.17) is 10.5 Å². The maximum atomic E-state index is 5.40. The van der Waals surface area contributed by atoms with Crippen LogP contribution in [0.2, 0.25) is 0 Å². The topological polar surface area (TPSA) is 59.6 Å². The van der Waals surface area contributed by atoms with E-state index in [1.54, 1.807) is 7.05 Å². The molecule has 0 atom stereocenters. The van der Waals surface area contributed by atoms with Crippen molar-refractivity contribution in [1.82, 2.24) is 5.32 Å². The lowest BCUT2D eigenvalue weighted by Crippen LogP contribution is -2.34. The number of ether oxygens (including phenoxy) is 1. The summed E-state index contributed by atoms with van der Waals surface area (Å²) in [5.41, 5.74) is 5.40. The van der Waals surface area contributed by atoms with Crippen molar-refractivity contribution in [2.75, 3.05) is 26.8 Å². The zero-order valence-corrected chi connectivity index (χ0v) is 8.13. The molecule has 72 valence electrons. The standard InChI is InChI=1S/C8H19N3O/c1-7(2)6-12-5-4-11-8(9)10-3/h7H,4-6H2,1-3H3,(H3,9,10,11). The molecule has 0 aliphatic heterocycles. The highest BCUT2D eigenvalue weighted by Crippen LogP contribution is 1.90. The van der Waals surface area contributed by atoms with Gasteiger partial charge in [0, 0.05) is 20.2 Å². The first kappa shape index (κ1) is 11.2. The van der Waals surface area contributed by atoms with Gasteiger partial charge in [0.05, 0.1) is 6.61 Å². The smallest absolute Gasteiger partial charge is 0.188 e. The fourth-order valence-corrected chi connectivity index (χ4v) is 0.649. The number of aliphatic imine (C=N–C) groups is 1. The Labute approximate surface area is 74.2 Å². The third-order valence-corrected chi connectivity index (χ3v) is 1.24. The van der Waals surface area contributed by atoms with Crippen LogP contribution in [0, 0.1) is 5.92 Å². The van der Waals surface area contributed by atoms with Gasteiger partial charge >= 0.3 is 0 Å². The van der Waals surface area contributed by atoms with E-state index in [9.17, 15) is 0 Å². The lowest BCUT2D eigenvalue weighted by Gasteiger charge is -2.07. The van der Waals surface area contributed by atoms with Gasteiger partial charge in [-0.2, -0.15) is 0 Å². The average Bonchev–Trinajstić information content (AvgIpc) is 2.03. The van der Waals surface area contributed by atoms with Crippen molar-refractivity contribution in [1.29, 1.82) is 0 Å². The molecule has 0 aromatic rings. The van der Waals surface area contributed by atoms with Crippen molar-refractivity contribution in [3.63, 3.8) is 0 Å². The van der Waals surface area contributed by atoms with E-state index in [0.29, 0.717) is 18.5 Å². The van der Waals surface area contributed by atoms with E-state index in [2.05, 4.69) is 24.2 Å². The van der Waals surface area contributed by atoms with E-state index in [0.717, 1.165) is 13.2 Å². The largest absolute Gasteiger partial charge is 0.379 e. The Hall–Kier alpha value is -0.770. The molecule has 0 unspecified atom stereocenters. The fourth-order valence-electron chi connectivity index (χ4n) is 0.649. The van der Waals surface area contributed by atoms with Crippen LogP contribution in [-0.2, 0) is 4.74 Å². The Balaban J connectivity index is 3.11. The van der Waals surface area contributed by atoms with E-state index in [-0.39, 0.29) is 0 Å². The molecule has 3 N–H and O–H groups in total.